The lowest BCUT2D eigenvalue weighted by atomic mass is 10.1. The molecule has 0 amide bonds. The van der Waals surface area contributed by atoms with Crippen molar-refractivity contribution in [3.05, 3.63) is 26.8 Å². The normalized spacial score (nSPS) is 12.7. The Kier molecular flexibility index (Phi) is 4.59. The molecule has 0 saturated heterocycles. The molecule has 0 unspecified atom stereocenters. The lowest BCUT2D eigenvalue weighted by Gasteiger charge is -2.24. The van der Waals surface area contributed by atoms with Crippen molar-refractivity contribution in [3.63, 3.8) is 0 Å². The van der Waals surface area contributed by atoms with Gasteiger partial charge in [0.05, 0.1) is 5.02 Å². The summed E-state index contributed by atoms with van der Waals surface area (Å²) in [5, 5.41) is 7.99. The fourth-order valence-electron chi connectivity index (χ4n) is 1.85. The van der Waals surface area contributed by atoms with Gasteiger partial charge in [0.1, 0.15) is 0 Å². The predicted molar refractivity (Wildman–Crippen MR) is 91.2 cm³/mol. The molecule has 21 heavy (non-hydrogen) atoms. The van der Waals surface area contributed by atoms with Crippen LogP contribution in [0.15, 0.2) is 23.4 Å². The molecular formula is C12H12Cl2IN3O2S. The zero-order valence-corrected chi connectivity index (χ0v) is 15.9. The third-order valence-corrected chi connectivity index (χ3v) is 5.39. The van der Waals surface area contributed by atoms with Gasteiger partial charge in [-0.05, 0) is 55.5 Å². The van der Waals surface area contributed by atoms with Crippen LogP contribution in [-0.4, -0.2) is 23.2 Å². The van der Waals surface area contributed by atoms with Crippen molar-refractivity contribution < 1.29 is 8.42 Å². The first-order valence-electron chi connectivity index (χ1n) is 5.88. The first kappa shape index (κ1) is 17.0. The van der Waals surface area contributed by atoms with E-state index in [1.165, 1.54) is 4.57 Å². The van der Waals surface area contributed by atoms with E-state index in [0.29, 0.717) is 16.4 Å². The van der Waals surface area contributed by atoms with Gasteiger partial charge >= 0.3 is 0 Å². The molecule has 2 aromatic rings. The van der Waals surface area contributed by atoms with Gasteiger partial charge in [0.15, 0.2) is 5.82 Å². The summed E-state index contributed by atoms with van der Waals surface area (Å²) in [6.07, 6.45) is 0. The molecule has 0 aliphatic heterocycles. The Bertz CT molecular complexity index is 797. The molecule has 1 heterocycles. The van der Waals surface area contributed by atoms with E-state index < -0.39 is 14.6 Å². The van der Waals surface area contributed by atoms with Crippen LogP contribution in [0.25, 0.3) is 11.4 Å². The molecule has 0 radical (unpaired) electrons. The summed E-state index contributed by atoms with van der Waals surface area (Å²) < 4.78 is 25.7. The largest absolute Gasteiger partial charge is 0.296 e. The summed E-state index contributed by atoms with van der Waals surface area (Å²) in [7, 11) is 1.45. The van der Waals surface area contributed by atoms with Crippen LogP contribution in [0.1, 0.15) is 20.8 Å². The maximum absolute atomic E-state index is 11.7. The average Bonchev–Trinajstić information content (AvgIpc) is 2.76. The second-order valence-electron chi connectivity index (χ2n) is 5.38. The molecule has 0 bridgehead atoms. The Morgan fingerprint density at radius 2 is 1.86 bits per heavy atom. The van der Waals surface area contributed by atoms with Crippen LogP contribution < -0.4 is 0 Å². The lowest BCUT2D eigenvalue weighted by Crippen LogP contribution is -2.25. The van der Waals surface area contributed by atoms with Gasteiger partial charge in [-0.2, -0.15) is 0 Å². The lowest BCUT2D eigenvalue weighted by molar-refractivity contribution is 0.367. The first-order chi connectivity index (χ1) is 9.51. The summed E-state index contributed by atoms with van der Waals surface area (Å²) in [6, 6.07) is 5.36. The van der Waals surface area contributed by atoms with Crippen LogP contribution in [-0.2, 0) is 14.6 Å². The average molecular weight is 460 g/mol. The van der Waals surface area contributed by atoms with Crippen LogP contribution in [0.3, 0.4) is 0 Å². The predicted octanol–water partition coefficient (Wildman–Crippen LogP) is 3.89. The Morgan fingerprint density at radius 1 is 1.24 bits per heavy atom. The third-order valence-electron chi connectivity index (χ3n) is 2.70. The first-order valence-corrected chi connectivity index (χ1v) is 9.64. The minimum Gasteiger partial charge on any atom is -0.291 e. The van der Waals surface area contributed by atoms with Crippen molar-refractivity contribution in [3.8, 4) is 11.4 Å². The summed E-state index contributed by atoms with van der Waals surface area (Å²) in [5.74, 6) is 0.403. The van der Waals surface area contributed by atoms with Crippen molar-refractivity contribution in [1.82, 2.24) is 14.8 Å². The highest BCUT2D eigenvalue weighted by molar-refractivity contribution is 14.1. The van der Waals surface area contributed by atoms with E-state index in [1.54, 1.807) is 6.07 Å². The molecule has 0 aliphatic rings. The van der Waals surface area contributed by atoms with Gasteiger partial charge in [-0.3, -0.25) is 4.57 Å². The topological polar surface area (TPSA) is 64.8 Å². The highest BCUT2D eigenvalue weighted by Crippen LogP contribution is 2.31. The molecular weight excluding hydrogens is 448 g/mol. The van der Waals surface area contributed by atoms with Crippen molar-refractivity contribution in [2.45, 2.75) is 31.5 Å². The standard InChI is InChI=1S/C12H12Cl2IN3O2S/c1-12(2,3)18-10(16-17-11(18)21(14,19)20)7-4-5-9(15)8(13)6-7/h4-6H,1-3H3. The van der Waals surface area contributed by atoms with Crippen LogP contribution in [0.2, 0.25) is 5.02 Å². The molecule has 5 nitrogen and oxygen atoms in total. The number of nitrogens with zero attached hydrogens (tertiary/aromatic N) is 3. The molecule has 9 heteroatoms. The number of aromatic nitrogens is 3. The number of halogens is 3. The van der Waals surface area contributed by atoms with E-state index in [9.17, 15) is 8.42 Å². The number of hydrogen-bond acceptors (Lipinski definition) is 4. The van der Waals surface area contributed by atoms with E-state index >= 15 is 0 Å². The molecule has 0 aliphatic carbocycles. The molecule has 0 saturated carbocycles. The number of rotatable bonds is 2. The zero-order chi connectivity index (χ0) is 16.0. The van der Waals surface area contributed by atoms with Crippen LogP contribution in [0, 0.1) is 3.57 Å². The van der Waals surface area contributed by atoms with Gasteiger partial charge in [0.25, 0.3) is 14.2 Å². The van der Waals surface area contributed by atoms with Gasteiger partial charge in [0.2, 0.25) is 0 Å². The summed E-state index contributed by atoms with van der Waals surface area (Å²) in [5.41, 5.74) is 0.111. The summed E-state index contributed by atoms with van der Waals surface area (Å²) >= 11 is 8.23. The highest BCUT2D eigenvalue weighted by atomic mass is 127. The van der Waals surface area contributed by atoms with Gasteiger partial charge in [-0.15, -0.1) is 10.2 Å². The maximum Gasteiger partial charge on any atom is 0.296 e. The summed E-state index contributed by atoms with van der Waals surface area (Å²) in [4.78, 5) is 0. The monoisotopic (exact) mass is 459 g/mol. The molecule has 1 aromatic carbocycles. The zero-order valence-electron chi connectivity index (χ0n) is 11.4. The third kappa shape index (κ3) is 3.52. The molecule has 0 fully saturated rings. The fraction of sp³-hybridized carbons (Fsp3) is 0.333. The molecule has 1 aromatic heterocycles. The molecule has 0 N–H and O–H groups in total. The van der Waals surface area contributed by atoms with E-state index in [1.807, 2.05) is 32.9 Å². The Balaban J connectivity index is 2.76. The number of hydrogen-bond donors (Lipinski definition) is 0. The Morgan fingerprint density at radius 3 is 2.33 bits per heavy atom. The van der Waals surface area contributed by atoms with Gasteiger partial charge < -0.3 is 0 Å². The number of benzene rings is 1. The maximum atomic E-state index is 11.7. The summed E-state index contributed by atoms with van der Waals surface area (Å²) in [6.45, 7) is 5.54. The fourth-order valence-corrected chi connectivity index (χ4v) is 3.39. The SMILES string of the molecule is CC(C)(C)n1c(-c2ccc(I)c(Cl)c2)nnc1S(=O)(=O)Cl. The van der Waals surface area contributed by atoms with Gasteiger partial charge in [-0.25, -0.2) is 8.42 Å². The molecule has 0 spiro atoms. The van der Waals surface area contributed by atoms with Crippen LogP contribution in [0.5, 0.6) is 0 Å². The van der Waals surface area contributed by atoms with Crippen molar-refractivity contribution in [2.75, 3.05) is 0 Å². The Hall–Kier alpha value is -0.380. The second-order valence-corrected chi connectivity index (χ2v) is 9.41. The highest BCUT2D eigenvalue weighted by Gasteiger charge is 2.30. The van der Waals surface area contributed by atoms with E-state index in [4.69, 9.17) is 22.3 Å². The Labute approximate surface area is 146 Å². The van der Waals surface area contributed by atoms with Gasteiger partial charge in [0, 0.05) is 25.4 Å². The van der Waals surface area contributed by atoms with Crippen LogP contribution in [0.4, 0.5) is 0 Å². The van der Waals surface area contributed by atoms with E-state index in [-0.39, 0.29) is 5.16 Å². The molecule has 114 valence electrons. The van der Waals surface area contributed by atoms with E-state index in [0.717, 1.165) is 3.57 Å². The molecule has 0 atom stereocenters. The second kappa shape index (κ2) is 5.68. The molecule has 2 rings (SSSR count). The smallest absolute Gasteiger partial charge is 0.291 e. The van der Waals surface area contributed by atoms with Crippen LogP contribution >= 0.6 is 44.9 Å². The minimum atomic E-state index is -3.99. The van der Waals surface area contributed by atoms with Crippen molar-refractivity contribution in [1.29, 1.82) is 0 Å². The quantitative estimate of drug-likeness (QED) is 0.504. The van der Waals surface area contributed by atoms with E-state index in [2.05, 4.69) is 32.8 Å². The minimum absolute atomic E-state index is 0.277. The van der Waals surface area contributed by atoms with Gasteiger partial charge in [-0.1, -0.05) is 17.7 Å². The van der Waals surface area contributed by atoms with Crippen molar-refractivity contribution in [2.24, 2.45) is 0 Å². The van der Waals surface area contributed by atoms with Crippen molar-refractivity contribution >= 4 is 53.9 Å².